The predicted molar refractivity (Wildman–Crippen MR) is 82.8 cm³/mol. The molecule has 0 aliphatic rings. The van der Waals surface area contributed by atoms with E-state index in [0.717, 1.165) is 4.88 Å². The first kappa shape index (κ1) is 13.2. The maximum atomic E-state index is 5.84. The molecule has 0 unspecified atom stereocenters. The highest BCUT2D eigenvalue weighted by atomic mass is 32.2. The van der Waals surface area contributed by atoms with E-state index in [1.54, 1.807) is 11.8 Å². The van der Waals surface area contributed by atoms with Gasteiger partial charge >= 0.3 is 0 Å². The van der Waals surface area contributed by atoms with E-state index in [9.17, 15) is 0 Å². The molecule has 102 valence electrons. The molecule has 2 heterocycles. The van der Waals surface area contributed by atoms with Crippen molar-refractivity contribution < 1.29 is 4.52 Å². The lowest BCUT2D eigenvalue weighted by Crippen LogP contribution is -1.86. The summed E-state index contributed by atoms with van der Waals surface area (Å²) in [7, 11) is 0. The summed E-state index contributed by atoms with van der Waals surface area (Å²) >= 11 is 3.19. The molecule has 0 spiro atoms. The van der Waals surface area contributed by atoms with Crippen molar-refractivity contribution in [1.29, 1.82) is 0 Å². The normalized spacial score (nSPS) is 10.8. The van der Waals surface area contributed by atoms with Crippen LogP contribution in [0.2, 0.25) is 0 Å². The van der Waals surface area contributed by atoms with Crippen LogP contribution >= 0.6 is 23.1 Å². The molecule has 0 saturated heterocycles. The zero-order valence-corrected chi connectivity index (χ0v) is 12.5. The Hall–Kier alpha value is -1.79. The van der Waals surface area contributed by atoms with Gasteiger partial charge < -0.3 is 10.3 Å². The quantitative estimate of drug-likeness (QED) is 0.738. The lowest BCUT2D eigenvalue weighted by Gasteiger charge is -1.99. The summed E-state index contributed by atoms with van der Waals surface area (Å²) in [5, 5.41) is 5.91. The summed E-state index contributed by atoms with van der Waals surface area (Å²) in [6, 6.07) is 10.2. The molecule has 0 amide bonds. The van der Waals surface area contributed by atoms with Crippen LogP contribution in [-0.2, 0) is 5.75 Å². The number of benzene rings is 1. The summed E-state index contributed by atoms with van der Waals surface area (Å²) in [6.45, 7) is 2.08. The smallest absolute Gasteiger partial charge is 0.270 e. The van der Waals surface area contributed by atoms with E-state index in [4.69, 9.17) is 10.3 Å². The number of nitrogen functional groups attached to an aromatic ring is 1. The number of aryl methyl sites for hydroxylation is 1. The Labute approximate surface area is 125 Å². The Balaban J connectivity index is 1.70. The van der Waals surface area contributed by atoms with Crippen LogP contribution in [-0.4, -0.2) is 10.1 Å². The Morgan fingerprint density at radius 1 is 1.35 bits per heavy atom. The molecule has 2 N–H and O–H groups in total. The van der Waals surface area contributed by atoms with Gasteiger partial charge in [0.15, 0.2) is 5.82 Å². The van der Waals surface area contributed by atoms with Gasteiger partial charge in [-0.25, -0.2) is 0 Å². The lowest BCUT2D eigenvalue weighted by molar-refractivity contribution is 0.426. The van der Waals surface area contributed by atoms with E-state index in [2.05, 4.69) is 35.3 Å². The van der Waals surface area contributed by atoms with E-state index in [1.807, 2.05) is 17.5 Å². The fourth-order valence-electron chi connectivity index (χ4n) is 1.75. The first-order chi connectivity index (χ1) is 9.72. The van der Waals surface area contributed by atoms with Crippen LogP contribution in [0.5, 0.6) is 0 Å². The number of nitrogens with two attached hydrogens (primary N) is 1. The van der Waals surface area contributed by atoms with Crippen molar-refractivity contribution in [1.82, 2.24) is 10.1 Å². The summed E-state index contributed by atoms with van der Waals surface area (Å²) in [5.41, 5.74) is 7.76. The molecule has 0 fully saturated rings. The first-order valence-corrected chi connectivity index (χ1v) is 7.94. The number of hydrogen-bond acceptors (Lipinski definition) is 6. The molecule has 2 aromatic heterocycles. The topological polar surface area (TPSA) is 64.9 Å². The maximum absolute atomic E-state index is 5.84. The van der Waals surface area contributed by atoms with Gasteiger partial charge in [-0.3, -0.25) is 0 Å². The minimum atomic E-state index is 0.498. The predicted octanol–water partition coefficient (Wildman–Crippen LogP) is 3.98. The van der Waals surface area contributed by atoms with Gasteiger partial charge in [0.05, 0.1) is 11.4 Å². The number of hydrogen-bond donors (Lipinski definition) is 1. The van der Waals surface area contributed by atoms with Crippen LogP contribution in [0.1, 0.15) is 11.4 Å². The van der Waals surface area contributed by atoms with E-state index in [1.165, 1.54) is 21.8 Å². The standard InChI is InChI=1S/C14H13N3OS2/c1-9-3-2-4-10(7-9)20-8-12-16-14(18-17-12)13-11(15)5-6-19-13/h2-7H,8,15H2,1H3. The molecule has 0 aliphatic carbocycles. The van der Waals surface area contributed by atoms with Gasteiger partial charge in [-0.15, -0.1) is 23.1 Å². The third-order valence-corrected chi connectivity index (χ3v) is 4.62. The van der Waals surface area contributed by atoms with Crippen LogP contribution in [0.25, 0.3) is 10.8 Å². The largest absolute Gasteiger partial charge is 0.397 e. The van der Waals surface area contributed by atoms with Crippen LogP contribution in [0.3, 0.4) is 0 Å². The molecule has 0 saturated carbocycles. The molecule has 0 aliphatic heterocycles. The molecule has 3 rings (SSSR count). The second-order valence-electron chi connectivity index (χ2n) is 4.33. The summed E-state index contributed by atoms with van der Waals surface area (Å²) in [6.07, 6.45) is 0. The minimum Gasteiger partial charge on any atom is -0.397 e. The molecular weight excluding hydrogens is 290 g/mol. The molecule has 6 heteroatoms. The maximum Gasteiger partial charge on any atom is 0.270 e. The Kier molecular flexibility index (Phi) is 3.75. The van der Waals surface area contributed by atoms with Gasteiger partial charge in [-0.1, -0.05) is 22.9 Å². The Morgan fingerprint density at radius 2 is 2.25 bits per heavy atom. The number of thioether (sulfide) groups is 1. The third kappa shape index (κ3) is 2.86. The second kappa shape index (κ2) is 5.68. The second-order valence-corrected chi connectivity index (χ2v) is 6.29. The van der Waals surface area contributed by atoms with Crippen molar-refractivity contribution in [3.05, 3.63) is 47.1 Å². The molecule has 1 aromatic carbocycles. The molecule has 0 bridgehead atoms. The molecule has 0 atom stereocenters. The van der Waals surface area contributed by atoms with Crippen molar-refractivity contribution in [2.24, 2.45) is 0 Å². The van der Waals surface area contributed by atoms with Crippen molar-refractivity contribution in [2.45, 2.75) is 17.6 Å². The monoisotopic (exact) mass is 303 g/mol. The number of aromatic nitrogens is 2. The van der Waals surface area contributed by atoms with Crippen LogP contribution in [0.15, 0.2) is 45.1 Å². The lowest BCUT2D eigenvalue weighted by atomic mass is 10.2. The van der Waals surface area contributed by atoms with Gasteiger partial charge in [0.2, 0.25) is 0 Å². The SMILES string of the molecule is Cc1cccc(SCc2noc(-c3sccc3N)n2)c1. The van der Waals surface area contributed by atoms with Gasteiger partial charge in [0.1, 0.15) is 4.88 Å². The van der Waals surface area contributed by atoms with Crippen molar-refractivity contribution >= 4 is 28.8 Å². The molecule has 3 aromatic rings. The van der Waals surface area contributed by atoms with Crippen molar-refractivity contribution in [3.8, 4) is 10.8 Å². The number of anilines is 1. The van der Waals surface area contributed by atoms with Crippen LogP contribution < -0.4 is 5.73 Å². The highest BCUT2D eigenvalue weighted by Crippen LogP contribution is 2.31. The number of rotatable bonds is 4. The third-order valence-electron chi connectivity index (χ3n) is 2.72. The average Bonchev–Trinajstić information content (AvgIpc) is 3.05. The zero-order valence-electron chi connectivity index (χ0n) is 10.9. The zero-order chi connectivity index (χ0) is 13.9. The van der Waals surface area contributed by atoms with Crippen LogP contribution in [0.4, 0.5) is 5.69 Å². The highest BCUT2D eigenvalue weighted by molar-refractivity contribution is 7.98. The fraction of sp³-hybridized carbons (Fsp3) is 0.143. The van der Waals surface area contributed by atoms with Crippen molar-refractivity contribution in [2.75, 3.05) is 5.73 Å². The van der Waals surface area contributed by atoms with Gasteiger partial charge in [0.25, 0.3) is 5.89 Å². The van der Waals surface area contributed by atoms with Gasteiger partial charge in [-0.05, 0) is 30.5 Å². The summed E-state index contributed by atoms with van der Waals surface area (Å²) in [5.74, 6) is 1.86. The van der Waals surface area contributed by atoms with E-state index in [0.29, 0.717) is 23.2 Å². The number of thiophene rings is 1. The Bertz CT molecular complexity index is 721. The fourth-order valence-corrected chi connectivity index (χ4v) is 3.35. The molecular formula is C14H13N3OS2. The molecule has 0 radical (unpaired) electrons. The average molecular weight is 303 g/mol. The highest BCUT2D eigenvalue weighted by Gasteiger charge is 2.13. The van der Waals surface area contributed by atoms with Gasteiger partial charge in [0, 0.05) is 4.90 Å². The van der Waals surface area contributed by atoms with E-state index < -0.39 is 0 Å². The minimum absolute atomic E-state index is 0.498. The molecule has 4 nitrogen and oxygen atoms in total. The van der Waals surface area contributed by atoms with E-state index >= 15 is 0 Å². The Morgan fingerprint density at radius 3 is 3.00 bits per heavy atom. The summed E-state index contributed by atoms with van der Waals surface area (Å²) in [4.78, 5) is 6.42. The summed E-state index contributed by atoms with van der Waals surface area (Å²) < 4.78 is 5.26. The molecule has 20 heavy (non-hydrogen) atoms. The first-order valence-electron chi connectivity index (χ1n) is 6.08. The van der Waals surface area contributed by atoms with Crippen molar-refractivity contribution in [3.63, 3.8) is 0 Å². The number of nitrogens with zero attached hydrogens (tertiary/aromatic N) is 2. The van der Waals surface area contributed by atoms with Gasteiger partial charge in [-0.2, -0.15) is 4.98 Å². The van der Waals surface area contributed by atoms with Crippen LogP contribution in [0, 0.1) is 6.92 Å². The van der Waals surface area contributed by atoms with E-state index in [-0.39, 0.29) is 0 Å².